The number of ether oxygens (including phenoxy) is 1. The fourth-order valence-electron chi connectivity index (χ4n) is 2.98. The maximum atomic E-state index is 12.5. The lowest BCUT2D eigenvalue weighted by Crippen LogP contribution is -2.47. The van der Waals surface area contributed by atoms with Gasteiger partial charge in [0.05, 0.1) is 0 Å². The molecule has 0 saturated carbocycles. The van der Waals surface area contributed by atoms with Crippen LogP contribution in [0.25, 0.3) is 0 Å². The molecule has 0 aromatic heterocycles. The van der Waals surface area contributed by atoms with Crippen LogP contribution >= 0.6 is 0 Å². The van der Waals surface area contributed by atoms with Crippen molar-refractivity contribution in [2.45, 2.75) is 65.1 Å². The topological polar surface area (TPSA) is 55.6 Å². The molecule has 2 atom stereocenters. The lowest BCUT2D eigenvalue weighted by Gasteiger charge is -2.34. The first-order valence-corrected chi connectivity index (χ1v) is 7.56. The number of anilines is 1. The van der Waals surface area contributed by atoms with Crippen LogP contribution in [0.2, 0.25) is 0 Å². The van der Waals surface area contributed by atoms with E-state index in [4.69, 9.17) is 10.5 Å². The summed E-state index contributed by atoms with van der Waals surface area (Å²) < 4.78 is 5.56. The van der Waals surface area contributed by atoms with Gasteiger partial charge >= 0.3 is 6.09 Å². The zero-order valence-electron chi connectivity index (χ0n) is 13.6. The van der Waals surface area contributed by atoms with Crippen LogP contribution in [-0.4, -0.2) is 28.7 Å². The van der Waals surface area contributed by atoms with Crippen molar-refractivity contribution < 1.29 is 9.53 Å². The number of rotatable bonds is 0. The van der Waals surface area contributed by atoms with E-state index in [1.807, 2.05) is 37.8 Å². The number of nitrogens with zero attached hydrogens (tertiary/aromatic N) is 1. The van der Waals surface area contributed by atoms with Gasteiger partial charge in [0.2, 0.25) is 0 Å². The minimum Gasteiger partial charge on any atom is -0.444 e. The number of amides is 1. The molecule has 1 heterocycles. The van der Waals surface area contributed by atoms with Crippen LogP contribution in [0.15, 0.2) is 18.2 Å². The number of benzene rings is 1. The summed E-state index contributed by atoms with van der Waals surface area (Å²) in [6.45, 7) is 9.83. The Morgan fingerprint density at radius 3 is 2.33 bits per heavy atom. The maximum Gasteiger partial charge on any atom is 0.410 e. The highest BCUT2D eigenvalue weighted by Gasteiger charge is 2.32. The molecule has 116 valence electrons. The number of hydrogen-bond donors (Lipinski definition) is 1. The summed E-state index contributed by atoms with van der Waals surface area (Å²) in [5.74, 6) is 0. The van der Waals surface area contributed by atoms with Crippen molar-refractivity contribution in [3.8, 4) is 0 Å². The Balaban J connectivity index is 2.25. The fraction of sp³-hybridized carbons (Fsp3) is 0.588. The Morgan fingerprint density at radius 2 is 1.76 bits per heavy atom. The van der Waals surface area contributed by atoms with E-state index < -0.39 is 5.60 Å². The molecule has 21 heavy (non-hydrogen) atoms. The molecule has 4 heteroatoms. The van der Waals surface area contributed by atoms with Gasteiger partial charge in [-0.15, -0.1) is 0 Å². The molecule has 2 unspecified atom stereocenters. The average Bonchev–Trinajstić information content (AvgIpc) is 2.41. The van der Waals surface area contributed by atoms with Crippen molar-refractivity contribution in [3.05, 3.63) is 29.3 Å². The average molecular weight is 290 g/mol. The van der Waals surface area contributed by atoms with E-state index in [0.29, 0.717) is 0 Å². The van der Waals surface area contributed by atoms with Crippen LogP contribution in [0.1, 0.15) is 45.7 Å². The second kappa shape index (κ2) is 5.58. The summed E-state index contributed by atoms with van der Waals surface area (Å²) in [6, 6.07) is 6.24. The van der Waals surface area contributed by atoms with Crippen molar-refractivity contribution in [2.24, 2.45) is 0 Å². The van der Waals surface area contributed by atoms with Gasteiger partial charge in [0.15, 0.2) is 0 Å². The van der Waals surface area contributed by atoms with E-state index >= 15 is 0 Å². The van der Waals surface area contributed by atoms with E-state index in [2.05, 4.69) is 19.9 Å². The third-order valence-electron chi connectivity index (χ3n) is 3.82. The predicted molar refractivity (Wildman–Crippen MR) is 85.3 cm³/mol. The highest BCUT2D eigenvalue weighted by molar-refractivity contribution is 5.69. The summed E-state index contributed by atoms with van der Waals surface area (Å²) in [5, 5.41) is 0. The van der Waals surface area contributed by atoms with Gasteiger partial charge < -0.3 is 15.4 Å². The molecule has 4 nitrogen and oxygen atoms in total. The first-order valence-electron chi connectivity index (χ1n) is 7.56. The van der Waals surface area contributed by atoms with Gasteiger partial charge in [-0.3, -0.25) is 0 Å². The van der Waals surface area contributed by atoms with Gasteiger partial charge in [0, 0.05) is 17.8 Å². The number of nitrogen functional groups attached to an aromatic ring is 1. The van der Waals surface area contributed by atoms with Gasteiger partial charge in [0.25, 0.3) is 0 Å². The molecule has 1 aliphatic rings. The molecule has 0 radical (unpaired) electrons. The smallest absolute Gasteiger partial charge is 0.410 e. The van der Waals surface area contributed by atoms with Gasteiger partial charge in [-0.05, 0) is 70.7 Å². The molecule has 0 spiro atoms. The number of carbonyl (C=O) groups is 1. The maximum absolute atomic E-state index is 12.5. The quantitative estimate of drug-likeness (QED) is 0.745. The van der Waals surface area contributed by atoms with E-state index in [9.17, 15) is 4.79 Å². The summed E-state index contributed by atoms with van der Waals surface area (Å²) in [5.41, 5.74) is 8.70. The minimum atomic E-state index is -0.472. The standard InChI is InChI=1S/C17H26N2O2/c1-11-8-13-6-7-15(18)10-14(13)9-12(2)19(11)16(20)21-17(3,4)5/h6-7,10-12H,8-9,18H2,1-5H3. The summed E-state index contributed by atoms with van der Waals surface area (Å²) in [7, 11) is 0. The van der Waals surface area contributed by atoms with Crippen molar-refractivity contribution in [1.29, 1.82) is 0 Å². The fourth-order valence-corrected chi connectivity index (χ4v) is 2.98. The van der Waals surface area contributed by atoms with Gasteiger partial charge in [-0.1, -0.05) is 6.07 Å². The molecule has 1 amide bonds. The molecule has 0 fully saturated rings. The van der Waals surface area contributed by atoms with Crippen molar-refractivity contribution in [3.63, 3.8) is 0 Å². The summed E-state index contributed by atoms with van der Waals surface area (Å²) in [6.07, 6.45) is 1.41. The zero-order valence-corrected chi connectivity index (χ0v) is 13.6. The van der Waals surface area contributed by atoms with Crippen molar-refractivity contribution >= 4 is 11.8 Å². The molecule has 2 rings (SSSR count). The molecular weight excluding hydrogens is 264 g/mol. The van der Waals surface area contributed by atoms with E-state index in [-0.39, 0.29) is 18.2 Å². The minimum absolute atomic E-state index is 0.0953. The molecular formula is C17H26N2O2. The van der Waals surface area contributed by atoms with E-state index in [1.54, 1.807) is 0 Å². The largest absolute Gasteiger partial charge is 0.444 e. The third kappa shape index (κ3) is 3.69. The SMILES string of the molecule is CC1Cc2ccc(N)cc2CC(C)N1C(=O)OC(C)(C)C. The van der Waals surface area contributed by atoms with Crippen LogP contribution in [0.4, 0.5) is 10.5 Å². The molecule has 0 bridgehead atoms. The molecule has 1 aliphatic heterocycles. The second-order valence-corrected chi connectivity index (χ2v) is 7.02. The number of nitrogens with two attached hydrogens (primary N) is 1. The Kier molecular flexibility index (Phi) is 4.17. The van der Waals surface area contributed by atoms with Crippen molar-refractivity contribution in [1.82, 2.24) is 4.90 Å². The first kappa shape index (κ1) is 15.7. The summed E-state index contributed by atoms with van der Waals surface area (Å²) >= 11 is 0. The molecule has 1 aromatic carbocycles. The normalized spacial score (nSPS) is 22.4. The van der Waals surface area contributed by atoms with E-state index in [1.165, 1.54) is 11.1 Å². The zero-order chi connectivity index (χ0) is 15.8. The lowest BCUT2D eigenvalue weighted by atomic mass is 9.99. The third-order valence-corrected chi connectivity index (χ3v) is 3.82. The first-order chi connectivity index (χ1) is 9.67. The van der Waals surface area contributed by atoms with Crippen molar-refractivity contribution in [2.75, 3.05) is 5.73 Å². The second-order valence-electron chi connectivity index (χ2n) is 7.02. The molecule has 1 aromatic rings. The van der Waals surface area contributed by atoms with E-state index in [0.717, 1.165) is 18.5 Å². The number of hydrogen-bond acceptors (Lipinski definition) is 3. The summed E-state index contributed by atoms with van der Waals surface area (Å²) in [4.78, 5) is 14.3. The highest BCUT2D eigenvalue weighted by Crippen LogP contribution is 2.26. The molecule has 2 N–H and O–H groups in total. The number of carbonyl (C=O) groups excluding carboxylic acids is 1. The predicted octanol–water partition coefficient (Wildman–Crippen LogP) is 3.38. The number of fused-ring (bicyclic) bond motifs is 1. The Morgan fingerprint density at radius 1 is 1.19 bits per heavy atom. The van der Waals surface area contributed by atoms with Crippen LogP contribution in [0.5, 0.6) is 0 Å². The van der Waals surface area contributed by atoms with Crippen LogP contribution in [-0.2, 0) is 17.6 Å². The Labute approximate surface area is 127 Å². The van der Waals surface area contributed by atoms with Gasteiger partial charge in [0.1, 0.15) is 5.60 Å². The molecule has 0 saturated heterocycles. The van der Waals surface area contributed by atoms with Crippen LogP contribution < -0.4 is 5.73 Å². The highest BCUT2D eigenvalue weighted by atomic mass is 16.6. The van der Waals surface area contributed by atoms with Crippen LogP contribution in [0.3, 0.4) is 0 Å². The van der Waals surface area contributed by atoms with Gasteiger partial charge in [-0.25, -0.2) is 4.79 Å². The Hall–Kier alpha value is -1.71. The molecule has 0 aliphatic carbocycles. The monoisotopic (exact) mass is 290 g/mol. The Bertz CT molecular complexity index is 534. The lowest BCUT2D eigenvalue weighted by molar-refractivity contribution is 0.00963. The van der Waals surface area contributed by atoms with Crippen LogP contribution in [0, 0.1) is 0 Å². The van der Waals surface area contributed by atoms with Gasteiger partial charge in [-0.2, -0.15) is 0 Å².